The van der Waals surface area contributed by atoms with Crippen molar-refractivity contribution in [3.8, 4) is 11.1 Å². The lowest BCUT2D eigenvalue weighted by Crippen LogP contribution is -2.30. The van der Waals surface area contributed by atoms with Crippen molar-refractivity contribution in [3.05, 3.63) is 75.7 Å². The fourth-order valence-corrected chi connectivity index (χ4v) is 5.61. The van der Waals surface area contributed by atoms with Gasteiger partial charge in [0.15, 0.2) is 0 Å². The van der Waals surface area contributed by atoms with Crippen LogP contribution in [0.15, 0.2) is 53.9 Å². The molecule has 2 atom stereocenters. The van der Waals surface area contributed by atoms with E-state index in [1.54, 1.807) is 5.38 Å². The first-order chi connectivity index (χ1) is 16.9. The molecule has 1 aliphatic heterocycles. The van der Waals surface area contributed by atoms with Gasteiger partial charge in [-0.25, -0.2) is 9.78 Å². The minimum absolute atomic E-state index is 0.0188. The topological polar surface area (TPSA) is 109 Å². The summed E-state index contributed by atoms with van der Waals surface area (Å²) in [4.78, 5) is 42.3. The highest BCUT2D eigenvalue weighted by Gasteiger charge is 2.37. The lowest BCUT2D eigenvalue weighted by atomic mass is 9.98. The van der Waals surface area contributed by atoms with Gasteiger partial charge in [0.05, 0.1) is 12.5 Å². The van der Waals surface area contributed by atoms with Crippen LogP contribution in [0.25, 0.3) is 11.1 Å². The SMILES string of the molecule is CC1CN(C(=O)c2csc(CNC(=O)OCC3c4ccccc4-c4ccccc43)n2)CC1C(=O)O. The Labute approximate surface area is 206 Å². The van der Waals surface area contributed by atoms with E-state index in [0.717, 1.165) is 11.1 Å². The van der Waals surface area contributed by atoms with Crippen LogP contribution in [0.2, 0.25) is 0 Å². The second-order valence-corrected chi connectivity index (χ2v) is 9.88. The Balaban J connectivity index is 1.15. The molecule has 1 aromatic heterocycles. The lowest BCUT2D eigenvalue weighted by Gasteiger charge is -2.14. The van der Waals surface area contributed by atoms with E-state index in [4.69, 9.17) is 4.74 Å². The highest BCUT2D eigenvalue weighted by atomic mass is 32.1. The molecular weight excluding hydrogens is 466 g/mol. The maximum Gasteiger partial charge on any atom is 0.407 e. The number of nitrogens with one attached hydrogen (secondary N) is 1. The van der Waals surface area contributed by atoms with Crippen molar-refractivity contribution >= 4 is 29.3 Å². The van der Waals surface area contributed by atoms with Crippen LogP contribution >= 0.6 is 11.3 Å². The van der Waals surface area contributed by atoms with Gasteiger partial charge >= 0.3 is 12.1 Å². The Hall–Kier alpha value is -3.72. The molecule has 0 bridgehead atoms. The molecule has 2 amide bonds. The number of fused-ring (bicyclic) bond motifs is 3. The number of amides is 2. The number of ether oxygens (including phenoxy) is 1. The van der Waals surface area contributed by atoms with E-state index < -0.39 is 18.0 Å². The van der Waals surface area contributed by atoms with E-state index in [-0.39, 0.29) is 43.1 Å². The van der Waals surface area contributed by atoms with Crippen LogP contribution in [0.5, 0.6) is 0 Å². The first-order valence-electron chi connectivity index (χ1n) is 11.5. The number of alkyl carbamates (subject to hydrolysis) is 1. The molecule has 0 radical (unpaired) electrons. The molecule has 35 heavy (non-hydrogen) atoms. The number of likely N-dealkylation sites (tertiary alicyclic amines) is 1. The monoisotopic (exact) mass is 491 g/mol. The highest BCUT2D eigenvalue weighted by Crippen LogP contribution is 2.44. The number of aromatic nitrogens is 1. The third kappa shape index (κ3) is 4.51. The number of carboxylic acids is 1. The Morgan fingerprint density at radius 3 is 2.37 bits per heavy atom. The summed E-state index contributed by atoms with van der Waals surface area (Å²) in [6, 6.07) is 16.3. The van der Waals surface area contributed by atoms with E-state index in [1.807, 2.05) is 31.2 Å². The minimum Gasteiger partial charge on any atom is -0.481 e. The van der Waals surface area contributed by atoms with E-state index in [2.05, 4.69) is 34.6 Å². The van der Waals surface area contributed by atoms with Gasteiger partial charge in [0, 0.05) is 24.4 Å². The highest BCUT2D eigenvalue weighted by molar-refractivity contribution is 7.09. The van der Waals surface area contributed by atoms with Crippen molar-refractivity contribution in [1.29, 1.82) is 0 Å². The van der Waals surface area contributed by atoms with Crippen molar-refractivity contribution in [2.24, 2.45) is 11.8 Å². The second-order valence-electron chi connectivity index (χ2n) is 8.94. The summed E-state index contributed by atoms with van der Waals surface area (Å²) in [6.45, 7) is 2.76. The molecule has 0 saturated carbocycles. The van der Waals surface area contributed by atoms with Gasteiger partial charge in [-0.2, -0.15) is 0 Å². The summed E-state index contributed by atoms with van der Waals surface area (Å²) in [6.07, 6.45) is -0.549. The number of rotatable bonds is 6. The maximum atomic E-state index is 12.7. The molecule has 3 aromatic rings. The van der Waals surface area contributed by atoms with Crippen molar-refractivity contribution < 1.29 is 24.2 Å². The average molecular weight is 492 g/mol. The van der Waals surface area contributed by atoms with Gasteiger partial charge in [0.1, 0.15) is 17.3 Å². The fraction of sp³-hybridized carbons (Fsp3) is 0.308. The minimum atomic E-state index is -0.890. The fourth-order valence-electron chi connectivity index (χ4n) is 4.90. The Kier molecular flexibility index (Phi) is 6.25. The van der Waals surface area contributed by atoms with Gasteiger partial charge in [0.25, 0.3) is 5.91 Å². The zero-order valence-corrected chi connectivity index (χ0v) is 20.0. The standard InChI is InChI=1S/C26H25N3O5S/c1-15-11-29(12-20(15)25(31)32)24(30)22-14-35-23(28-22)10-27-26(33)34-13-21-18-8-4-2-6-16(18)17-7-3-5-9-19(17)21/h2-9,14-15,20-21H,10-13H2,1H3,(H,27,33)(H,31,32). The van der Waals surface area contributed by atoms with Crippen molar-refractivity contribution in [3.63, 3.8) is 0 Å². The van der Waals surface area contributed by atoms with Crippen LogP contribution < -0.4 is 5.32 Å². The third-order valence-corrected chi connectivity index (χ3v) is 7.56. The Morgan fingerprint density at radius 2 is 1.74 bits per heavy atom. The summed E-state index contributed by atoms with van der Waals surface area (Å²) < 4.78 is 5.54. The number of carbonyl (C=O) groups excluding carboxylic acids is 2. The Bertz CT molecular complexity index is 1240. The van der Waals surface area contributed by atoms with Gasteiger partial charge < -0.3 is 20.1 Å². The molecule has 1 aliphatic carbocycles. The number of carboxylic acid groups (broad SMARTS) is 1. The summed E-state index contributed by atoms with van der Waals surface area (Å²) >= 11 is 1.27. The van der Waals surface area contributed by atoms with E-state index in [1.165, 1.54) is 27.4 Å². The maximum absolute atomic E-state index is 12.7. The molecule has 1 fully saturated rings. The number of thiazole rings is 1. The number of hydrogen-bond donors (Lipinski definition) is 2. The number of hydrogen-bond acceptors (Lipinski definition) is 6. The largest absolute Gasteiger partial charge is 0.481 e. The normalized spacial score (nSPS) is 18.7. The van der Waals surface area contributed by atoms with Crippen LogP contribution in [-0.2, 0) is 16.1 Å². The van der Waals surface area contributed by atoms with Crippen LogP contribution in [0.3, 0.4) is 0 Å². The quantitative estimate of drug-likeness (QED) is 0.540. The van der Waals surface area contributed by atoms with Crippen LogP contribution in [0.4, 0.5) is 4.79 Å². The molecule has 2 unspecified atom stereocenters. The molecule has 2 heterocycles. The number of carbonyl (C=O) groups is 3. The lowest BCUT2D eigenvalue weighted by molar-refractivity contribution is -0.142. The third-order valence-electron chi connectivity index (χ3n) is 6.72. The van der Waals surface area contributed by atoms with Gasteiger partial charge in [-0.1, -0.05) is 55.5 Å². The molecular formula is C26H25N3O5S. The van der Waals surface area contributed by atoms with Crippen molar-refractivity contribution in [2.75, 3.05) is 19.7 Å². The first-order valence-corrected chi connectivity index (χ1v) is 12.4. The summed E-state index contributed by atoms with van der Waals surface area (Å²) in [7, 11) is 0. The molecule has 1 saturated heterocycles. The predicted octanol–water partition coefficient (Wildman–Crippen LogP) is 3.97. The van der Waals surface area contributed by atoms with E-state index >= 15 is 0 Å². The number of aliphatic carboxylic acids is 1. The molecule has 2 N–H and O–H groups in total. The first kappa shape index (κ1) is 23.0. The smallest absolute Gasteiger partial charge is 0.407 e. The number of benzene rings is 2. The molecule has 2 aromatic carbocycles. The molecule has 0 spiro atoms. The zero-order chi connectivity index (χ0) is 24.5. The second kappa shape index (κ2) is 9.50. The molecule has 9 heteroatoms. The van der Waals surface area contributed by atoms with Gasteiger partial charge in [-0.3, -0.25) is 9.59 Å². The molecule has 8 nitrogen and oxygen atoms in total. The molecule has 2 aliphatic rings. The van der Waals surface area contributed by atoms with Crippen LogP contribution in [0, 0.1) is 11.8 Å². The molecule has 180 valence electrons. The van der Waals surface area contributed by atoms with Gasteiger partial charge in [-0.15, -0.1) is 11.3 Å². The van der Waals surface area contributed by atoms with E-state index in [0.29, 0.717) is 11.6 Å². The summed E-state index contributed by atoms with van der Waals surface area (Å²) in [5, 5.41) is 14.2. The van der Waals surface area contributed by atoms with Crippen LogP contribution in [0.1, 0.15) is 39.5 Å². The van der Waals surface area contributed by atoms with Crippen molar-refractivity contribution in [1.82, 2.24) is 15.2 Å². The summed E-state index contributed by atoms with van der Waals surface area (Å²) in [5.74, 6) is -1.87. The van der Waals surface area contributed by atoms with Crippen molar-refractivity contribution in [2.45, 2.75) is 19.4 Å². The van der Waals surface area contributed by atoms with E-state index in [9.17, 15) is 19.5 Å². The molecule has 5 rings (SSSR count). The Morgan fingerprint density at radius 1 is 1.09 bits per heavy atom. The predicted molar refractivity (Wildman–Crippen MR) is 130 cm³/mol. The van der Waals surface area contributed by atoms with Gasteiger partial charge in [-0.05, 0) is 28.2 Å². The average Bonchev–Trinajstić information content (AvgIpc) is 3.57. The zero-order valence-electron chi connectivity index (χ0n) is 19.1. The number of nitrogens with zero attached hydrogens (tertiary/aromatic N) is 2. The summed E-state index contributed by atoms with van der Waals surface area (Å²) in [5.41, 5.74) is 4.88. The van der Waals surface area contributed by atoms with Gasteiger partial charge in [0.2, 0.25) is 0 Å². The van der Waals surface area contributed by atoms with Crippen LogP contribution in [-0.4, -0.2) is 52.7 Å².